The van der Waals surface area contributed by atoms with Crippen molar-refractivity contribution in [2.24, 2.45) is 0 Å². The predicted octanol–water partition coefficient (Wildman–Crippen LogP) is 5.21. The first kappa shape index (κ1) is 24.4. The minimum Gasteiger partial charge on any atom is -0.489 e. The molecule has 9 heteroatoms. The normalized spacial score (nSPS) is 14.5. The van der Waals surface area contributed by atoms with Crippen molar-refractivity contribution in [1.29, 1.82) is 0 Å². The highest BCUT2D eigenvalue weighted by atomic mass is 35.5. The number of anilines is 1. The van der Waals surface area contributed by atoms with Gasteiger partial charge in [-0.2, -0.15) is 0 Å². The number of methoxy groups -OCH3 is 1. The van der Waals surface area contributed by atoms with Crippen LogP contribution in [0.4, 0.5) is 10.1 Å². The first-order chi connectivity index (χ1) is 16.9. The largest absolute Gasteiger partial charge is 0.489 e. The van der Waals surface area contributed by atoms with E-state index in [1.165, 1.54) is 29.0 Å². The number of nitrogens with zero attached hydrogens (tertiary/aromatic N) is 2. The van der Waals surface area contributed by atoms with Gasteiger partial charge >= 0.3 is 5.97 Å². The molecule has 0 unspecified atom stereocenters. The molecule has 1 amide bonds. The Morgan fingerprint density at radius 3 is 2.46 bits per heavy atom. The van der Waals surface area contributed by atoms with Gasteiger partial charge in [-0.25, -0.2) is 4.39 Å². The Hall–Kier alpha value is -3.75. The Labute approximate surface area is 212 Å². The average Bonchev–Trinajstić information content (AvgIpc) is 3.08. The van der Waals surface area contributed by atoms with E-state index in [0.717, 1.165) is 0 Å². The van der Waals surface area contributed by atoms with E-state index in [4.69, 9.17) is 33.3 Å². The number of amides is 1. The summed E-state index contributed by atoms with van der Waals surface area (Å²) in [5, 5.41) is 0.678. The lowest BCUT2D eigenvalue weighted by atomic mass is 10.1. The van der Waals surface area contributed by atoms with Crippen molar-refractivity contribution >= 4 is 52.6 Å². The number of thiocarbonyl (C=S) groups is 1. The van der Waals surface area contributed by atoms with Crippen molar-refractivity contribution in [3.63, 3.8) is 0 Å². The standard InChI is InChI=1S/C26H20ClFN2O4S/c1-33-24(31)15-29-23(25(32)30(26(29)35)21-9-7-19(27)8-10-21)14-17-5-11-22(12-6-17)34-16-18-3-2-4-20(28)13-18/h2-14H,15-16H2,1H3/b23-14-. The summed E-state index contributed by atoms with van der Waals surface area (Å²) in [4.78, 5) is 28.1. The zero-order valence-electron chi connectivity index (χ0n) is 18.6. The first-order valence-corrected chi connectivity index (χ1v) is 11.3. The Morgan fingerprint density at radius 1 is 1.09 bits per heavy atom. The summed E-state index contributed by atoms with van der Waals surface area (Å²) in [5.74, 6) is -0.659. The molecule has 0 bridgehead atoms. The van der Waals surface area contributed by atoms with Gasteiger partial charge in [0, 0.05) is 5.02 Å². The zero-order chi connectivity index (χ0) is 24.9. The summed E-state index contributed by atoms with van der Waals surface area (Å²) < 4.78 is 23.8. The molecular formula is C26H20ClFN2O4S. The van der Waals surface area contributed by atoms with E-state index < -0.39 is 5.97 Å². The van der Waals surface area contributed by atoms with E-state index in [2.05, 4.69) is 0 Å². The van der Waals surface area contributed by atoms with E-state index in [-0.39, 0.29) is 35.7 Å². The second-order valence-electron chi connectivity index (χ2n) is 7.58. The van der Waals surface area contributed by atoms with Gasteiger partial charge in [-0.1, -0.05) is 35.9 Å². The van der Waals surface area contributed by atoms with Gasteiger partial charge in [0.25, 0.3) is 5.91 Å². The lowest BCUT2D eigenvalue weighted by molar-refractivity contribution is -0.140. The fraction of sp³-hybridized carbons (Fsp3) is 0.115. The number of hydrogen-bond acceptors (Lipinski definition) is 5. The van der Waals surface area contributed by atoms with Crippen LogP contribution in [0, 0.1) is 5.82 Å². The van der Waals surface area contributed by atoms with Gasteiger partial charge in [-0.05, 0) is 78.0 Å². The Morgan fingerprint density at radius 2 is 1.80 bits per heavy atom. The summed E-state index contributed by atoms with van der Waals surface area (Å²) in [5.41, 5.74) is 2.16. The molecule has 0 atom stereocenters. The Balaban J connectivity index is 1.57. The van der Waals surface area contributed by atoms with Crippen molar-refractivity contribution in [2.75, 3.05) is 18.6 Å². The maximum absolute atomic E-state index is 13.3. The molecule has 0 aliphatic carbocycles. The summed E-state index contributed by atoms with van der Waals surface area (Å²) >= 11 is 11.5. The smallest absolute Gasteiger partial charge is 0.325 e. The van der Waals surface area contributed by atoms with E-state index in [1.807, 2.05) is 0 Å². The Bertz CT molecular complexity index is 1300. The second-order valence-corrected chi connectivity index (χ2v) is 8.38. The van der Waals surface area contributed by atoms with Crippen LogP contribution in [0.5, 0.6) is 5.75 Å². The minimum absolute atomic E-state index is 0.156. The van der Waals surface area contributed by atoms with E-state index in [0.29, 0.717) is 27.6 Å². The highest BCUT2D eigenvalue weighted by molar-refractivity contribution is 7.80. The van der Waals surface area contributed by atoms with E-state index in [9.17, 15) is 14.0 Å². The van der Waals surface area contributed by atoms with Crippen LogP contribution in [-0.4, -0.2) is 35.5 Å². The molecule has 0 radical (unpaired) electrons. The van der Waals surface area contributed by atoms with Gasteiger partial charge in [0.15, 0.2) is 5.11 Å². The highest BCUT2D eigenvalue weighted by Gasteiger charge is 2.40. The van der Waals surface area contributed by atoms with E-state index in [1.54, 1.807) is 66.7 Å². The number of ether oxygens (including phenoxy) is 2. The molecule has 1 heterocycles. The molecule has 1 fully saturated rings. The molecule has 1 aliphatic heterocycles. The monoisotopic (exact) mass is 510 g/mol. The van der Waals surface area contributed by atoms with Crippen LogP contribution in [0.25, 0.3) is 6.08 Å². The number of esters is 1. The summed E-state index contributed by atoms with van der Waals surface area (Å²) in [6.45, 7) is -0.000260. The average molecular weight is 511 g/mol. The number of halogens is 2. The van der Waals surface area contributed by atoms with Crippen LogP contribution >= 0.6 is 23.8 Å². The van der Waals surface area contributed by atoms with Crippen LogP contribution in [0.3, 0.4) is 0 Å². The van der Waals surface area contributed by atoms with E-state index >= 15 is 0 Å². The molecule has 0 saturated carbocycles. The zero-order valence-corrected chi connectivity index (χ0v) is 20.2. The van der Waals surface area contributed by atoms with Crippen molar-refractivity contribution < 1.29 is 23.5 Å². The predicted molar refractivity (Wildman–Crippen MR) is 135 cm³/mol. The third-order valence-corrected chi connectivity index (χ3v) is 5.87. The lowest BCUT2D eigenvalue weighted by Gasteiger charge is -2.19. The lowest BCUT2D eigenvalue weighted by Crippen LogP contribution is -2.35. The molecule has 6 nitrogen and oxygen atoms in total. The molecule has 0 spiro atoms. The SMILES string of the molecule is COC(=O)CN1C(=S)N(c2ccc(Cl)cc2)C(=O)/C1=C/c1ccc(OCc2cccc(F)c2)cc1. The second kappa shape index (κ2) is 10.7. The maximum atomic E-state index is 13.3. The van der Waals surface area contributed by atoms with Gasteiger partial charge < -0.3 is 14.4 Å². The third-order valence-electron chi connectivity index (χ3n) is 5.21. The van der Waals surface area contributed by atoms with Gasteiger partial charge in [0.2, 0.25) is 0 Å². The van der Waals surface area contributed by atoms with Crippen molar-refractivity contribution in [3.8, 4) is 5.75 Å². The molecular weight excluding hydrogens is 491 g/mol. The fourth-order valence-corrected chi connectivity index (χ4v) is 3.93. The summed E-state index contributed by atoms with van der Waals surface area (Å²) in [6.07, 6.45) is 1.64. The topological polar surface area (TPSA) is 59.1 Å². The van der Waals surface area contributed by atoms with Crippen LogP contribution in [0.15, 0.2) is 78.5 Å². The molecule has 0 aromatic heterocycles. The van der Waals surface area contributed by atoms with Crippen LogP contribution in [0.1, 0.15) is 11.1 Å². The molecule has 178 valence electrons. The molecule has 1 aliphatic rings. The van der Waals surface area contributed by atoms with Gasteiger partial charge in [0.1, 0.15) is 30.4 Å². The number of hydrogen-bond donors (Lipinski definition) is 0. The number of rotatable bonds is 7. The van der Waals surface area contributed by atoms with Crippen molar-refractivity contribution in [3.05, 3.63) is 100 Å². The minimum atomic E-state index is -0.537. The van der Waals surface area contributed by atoms with Gasteiger partial charge in [-0.3, -0.25) is 14.5 Å². The van der Waals surface area contributed by atoms with Gasteiger partial charge in [-0.15, -0.1) is 0 Å². The maximum Gasteiger partial charge on any atom is 0.325 e. The van der Waals surface area contributed by atoms with Gasteiger partial charge in [0.05, 0.1) is 12.8 Å². The van der Waals surface area contributed by atoms with Crippen LogP contribution < -0.4 is 9.64 Å². The molecule has 35 heavy (non-hydrogen) atoms. The summed E-state index contributed by atoms with van der Waals surface area (Å²) in [7, 11) is 1.27. The number of carbonyl (C=O) groups excluding carboxylic acids is 2. The first-order valence-electron chi connectivity index (χ1n) is 10.5. The summed E-state index contributed by atoms with van der Waals surface area (Å²) in [6, 6.07) is 19.9. The Kier molecular flexibility index (Phi) is 7.43. The quantitative estimate of drug-likeness (QED) is 0.247. The van der Waals surface area contributed by atoms with Crippen LogP contribution in [-0.2, 0) is 20.9 Å². The molecule has 4 rings (SSSR count). The molecule has 3 aromatic carbocycles. The van der Waals surface area contributed by atoms with Crippen LogP contribution in [0.2, 0.25) is 5.02 Å². The van der Waals surface area contributed by atoms with Crippen molar-refractivity contribution in [2.45, 2.75) is 6.61 Å². The highest BCUT2D eigenvalue weighted by Crippen LogP contribution is 2.30. The van der Waals surface area contributed by atoms with Crippen molar-refractivity contribution in [1.82, 2.24) is 4.90 Å². The molecule has 3 aromatic rings. The molecule has 0 N–H and O–H groups in total. The number of benzene rings is 3. The number of carbonyl (C=O) groups is 2. The molecule has 1 saturated heterocycles. The fourth-order valence-electron chi connectivity index (χ4n) is 3.46. The third kappa shape index (κ3) is 5.67.